The van der Waals surface area contributed by atoms with Gasteiger partial charge in [-0.2, -0.15) is 0 Å². The molecule has 0 radical (unpaired) electrons. The summed E-state index contributed by atoms with van der Waals surface area (Å²) in [7, 11) is 0. The molecule has 3 rings (SSSR count). The monoisotopic (exact) mass is 224 g/mol. The number of rotatable bonds is 0. The molecule has 1 saturated heterocycles. The van der Waals surface area contributed by atoms with Gasteiger partial charge in [-0.25, -0.2) is 4.37 Å². The maximum Gasteiger partial charge on any atom is 0.0475 e. The zero-order valence-electron chi connectivity index (χ0n) is 8.79. The highest BCUT2D eigenvalue weighted by Crippen LogP contribution is 2.40. The van der Waals surface area contributed by atoms with Crippen molar-refractivity contribution in [1.29, 1.82) is 0 Å². The van der Waals surface area contributed by atoms with Crippen LogP contribution >= 0.6 is 11.5 Å². The first-order chi connectivity index (χ1) is 7.41. The predicted octanol–water partition coefficient (Wildman–Crippen LogP) is 1.68. The topological polar surface area (TPSA) is 34.2 Å². The predicted molar refractivity (Wildman–Crippen MR) is 60.2 cm³/mol. The molecule has 15 heavy (non-hydrogen) atoms. The van der Waals surface area contributed by atoms with Crippen LogP contribution in [0.1, 0.15) is 29.7 Å². The molecule has 0 aromatic carbocycles. The second kappa shape index (κ2) is 3.85. The number of hydrogen-bond donors (Lipinski definition) is 1. The minimum atomic E-state index is 0.325. The van der Waals surface area contributed by atoms with E-state index < -0.39 is 0 Å². The molecular weight excluding hydrogens is 208 g/mol. The fourth-order valence-electron chi connectivity index (χ4n) is 2.75. The Hall–Kier alpha value is -0.450. The first kappa shape index (κ1) is 9.75. The van der Waals surface area contributed by atoms with Crippen molar-refractivity contribution < 1.29 is 4.74 Å². The maximum absolute atomic E-state index is 5.57. The zero-order chi connectivity index (χ0) is 10.1. The van der Waals surface area contributed by atoms with Crippen LogP contribution in [-0.4, -0.2) is 24.1 Å². The van der Waals surface area contributed by atoms with Crippen LogP contribution in [0.3, 0.4) is 0 Å². The van der Waals surface area contributed by atoms with Crippen LogP contribution < -0.4 is 5.32 Å². The third-order valence-electron chi connectivity index (χ3n) is 3.57. The van der Waals surface area contributed by atoms with Gasteiger partial charge < -0.3 is 10.1 Å². The Labute approximate surface area is 94.0 Å². The normalized spacial score (nSPS) is 31.2. The summed E-state index contributed by atoms with van der Waals surface area (Å²) in [5.74, 6) is 0. The zero-order valence-corrected chi connectivity index (χ0v) is 9.61. The van der Waals surface area contributed by atoms with Crippen LogP contribution in [0.4, 0.5) is 0 Å². The fraction of sp³-hybridized carbons (Fsp3) is 0.727. The summed E-state index contributed by atoms with van der Waals surface area (Å²) in [5, 5.41) is 3.53. The molecule has 1 spiro atoms. The van der Waals surface area contributed by atoms with Crippen LogP contribution in [0.25, 0.3) is 0 Å². The Balaban J connectivity index is 1.98. The molecule has 0 saturated carbocycles. The van der Waals surface area contributed by atoms with Crippen molar-refractivity contribution in [3.63, 3.8) is 0 Å². The van der Waals surface area contributed by atoms with E-state index in [1.807, 2.05) is 6.20 Å². The van der Waals surface area contributed by atoms with Crippen molar-refractivity contribution in [3.8, 4) is 0 Å². The minimum absolute atomic E-state index is 0.325. The van der Waals surface area contributed by atoms with Crippen molar-refractivity contribution >= 4 is 11.5 Å². The summed E-state index contributed by atoms with van der Waals surface area (Å²) < 4.78 is 9.91. The van der Waals surface area contributed by atoms with Crippen LogP contribution in [-0.2, 0) is 16.7 Å². The molecule has 1 unspecified atom stereocenters. The second-order valence-corrected chi connectivity index (χ2v) is 5.33. The van der Waals surface area contributed by atoms with E-state index in [1.165, 1.54) is 23.3 Å². The Kier molecular flexibility index (Phi) is 2.50. The molecule has 2 aliphatic heterocycles. The SMILES string of the molecule is c1nsc2c1CNCC21CCCOCC1. The molecule has 2 aliphatic rings. The summed E-state index contributed by atoms with van der Waals surface area (Å²) in [6, 6.07) is 0. The number of fused-ring (bicyclic) bond motifs is 2. The molecule has 1 aromatic heterocycles. The number of hydrogen-bond acceptors (Lipinski definition) is 4. The lowest BCUT2D eigenvalue weighted by Gasteiger charge is -2.35. The Bertz CT molecular complexity index is 342. The van der Waals surface area contributed by atoms with Gasteiger partial charge in [0, 0.05) is 48.4 Å². The number of aromatic nitrogens is 1. The molecule has 0 amide bonds. The van der Waals surface area contributed by atoms with Crippen LogP contribution in [0.5, 0.6) is 0 Å². The lowest BCUT2D eigenvalue weighted by atomic mass is 9.76. The first-order valence-electron chi connectivity index (χ1n) is 5.63. The summed E-state index contributed by atoms with van der Waals surface area (Å²) in [6.07, 6.45) is 5.60. The number of ether oxygens (including phenoxy) is 1. The molecule has 82 valence electrons. The lowest BCUT2D eigenvalue weighted by molar-refractivity contribution is 0.138. The van der Waals surface area contributed by atoms with E-state index in [0.29, 0.717) is 5.41 Å². The standard InChI is InChI=1S/C11H16N2OS/c1-2-11(3-5-14-4-1)8-12-6-9-7-13-15-10(9)11/h7,12H,1-6,8H2. The van der Waals surface area contributed by atoms with Crippen LogP contribution in [0.15, 0.2) is 6.20 Å². The van der Waals surface area contributed by atoms with Crippen LogP contribution in [0.2, 0.25) is 0 Å². The minimum Gasteiger partial charge on any atom is -0.381 e. The largest absolute Gasteiger partial charge is 0.381 e. The molecule has 3 nitrogen and oxygen atoms in total. The highest BCUT2D eigenvalue weighted by molar-refractivity contribution is 7.06. The van der Waals surface area contributed by atoms with E-state index in [2.05, 4.69) is 9.69 Å². The van der Waals surface area contributed by atoms with E-state index in [4.69, 9.17) is 4.74 Å². The summed E-state index contributed by atoms with van der Waals surface area (Å²) >= 11 is 1.69. The van der Waals surface area contributed by atoms with E-state index in [1.54, 1.807) is 11.5 Å². The highest BCUT2D eigenvalue weighted by Gasteiger charge is 2.38. The molecule has 1 fully saturated rings. The molecule has 1 aromatic rings. The molecule has 0 bridgehead atoms. The average molecular weight is 224 g/mol. The van der Waals surface area contributed by atoms with Gasteiger partial charge in [0.15, 0.2) is 0 Å². The average Bonchev–Trinajstić information content (AvgIpc) is 2.62. The third kappa shape index (κ3) is 1.61. The van der Waals surface area contributed by atoms with E-state index >= 15 is 0 Å². The van der Waals surface area contributed by atoms with Gasteiger partial charge in [0.1, 0.15) is 0 Å². The van der Waals surface area contributed by atoms with Gasteiger partial charge in [-0.1, -0.05) is 0 Å². The van der Waals surface area contributed by atoms with Gasteiger partial charge >= 0.3 is 0 Å². The fourth-order valence-corrected chi connectivity index (χ4v) is 3.75. The number of nitrogens with zero attached hydrogens (tertiary/aromatic N) is 1. The van der Waals surface area contributed by atoms with Gasteiger partial charge in [0.05, 0.1) is 0 Å². The van der Waals surface area contributed by atoms with E-state index in [9.17, 15) is 0 Å². The quantitative estimate of drug-likeness (QED) is 0.728. The smallest absolute Gasteiger partial charge is 0.0475 e. The highest BCUT2D eigenvalue weighted by atomic mass is 32.1. The van der Waals surface area contributed by atoms with Crippen molar-refractivity contribution in [1.82, 2.24) is 9.69 Å². The van der Waals surface area contributed by atoms with Gasteiger partial charge in [-0.15, -0.1) is 0 Å². The Morgan fingerprint density at radius 2 is 2.40 bits per heavy atom. The van der Waals surface area contributed by atoms with Crippen molar-refractivity contribution in [3.05, 3.63) is 16.6 Å². The molecule has 0 aliphatic carbocycles. The van der Waals surface area contributed by atoms with Gasteiger partial charge in [0.25, 0.3) is 0 Å². The molecule has 1 atom stereocenters. The number of nitrogens with one attached hydrogen (secondary N) is 1. The summed E-state index contributed by atoms with van der Waals surface area (Å²) in [6.45, 7) is 3.93. The third-order valence-corrected chi connectivity index (χ3v) is 4.66. The van der Waals surface area contributed by atoms with Crippen molar-refractivity contribution in [2.45, 2.75) is 31.2 Å². The van der Waals surface area contributed by atoms with E-state index in [-0.39, 0.29) is 0 Å². The first-order valence-corrected chi connectivity index (χ1v) is 6.41. The van der Waals surface area contributed by atoms with Gasteiger partial charge in [-0.3, -0.25) is 0 Å². The molecule has 1 N–H and O–H groups in total. The lowest BCUT2D eigenvalue weighted by Crippen LogP contribution is -2.42. The van der Waals surface area contributed by atoms with Crippen LogP contribution in [0, 0.1) is 0 Å². The Morgan fingerprint density at radius 1 is 1.40 bits per heavy atom. The van der Waals surface area contributed by atoms with Gasteiger partial charge in [-0.05, 0) is 30.8 Å². The van der Waals surface area contributed by atoms with Crippen molar-refractivity contribution in [2.24, 2.45) is 0 Å². The summed E-state index contributed by atoms with van der Waals surface area (Å²) in [5.41, 5.74) is 1.73. The molecule has 3 heterocycles. The van der Waals surface area contributed by atoms with Gasteiger partial charge in [0.2, 0.25) is 0 Å². The van der Waals surface area contributed by atoms with Crippen molar-refractivity contribution in [2.75, 3.05) is 19.8 Å². The molecular formula is C11H16N2OS. The Morgan fingerprint density at radius 3 is 3.40 bits per heavy atom. The second-order valence-electron chi connectivity index (χ2n) is 4.53. The van der Waals surface area contributed by atoms with E-state index in [0.717, 1.165) is 32.7 Å². The maximum atomic E-state index is 5.57. The molecule has 4 heteroatoms. The summed E-state index contributed by atoms with van der Waals surface area (Å²) in [4.78, 5) is 1.52.